The van der Waals surface area contributed by atoms with E-state index in [1.165, 1.54) is 24.8 Å². The van der Waals surface area contributed by atoms with Gasteiger partial charge in [-0.2, -0.15) is 0 Å². The standard InChI is InChI=1S/C16H23NO/c1-13(2)12-18-15-8-6-7-14(11-15)16(17)9-4-3-5-10-16/h6-8,11H,1,3-5,9-10,12,17H2,2H3. The van der Waals surface area contributed by atoms with Gasteiger partial charge in [0.25, 0.3) is 0 Å². The van der Waals surface area contributed by atoms with Crippen LogP contribution >= 0.6 is 0 Å². The van der Waals surface area contributed by atoms with Gasteiger partial charge in [-0.05, 0) is 43.0 Å². The topological polar surface area (TPSA) is 35.2 Å². The molecule has 0 aliphatic heterocycles. The lowest BCUT2D eigenvalue weighted by Crippen LogP contribution is -2.38. The highest BCUT2D eigenvalue weighted by Gasteiger charge is 2.29. The lowest BCUT2D eigenvalue weighted by Gasteiger charge is -2.34. The fraction of sp³-hybridized carbons (Fsp3) is 0.500. The van der Waals surface area contributed by atoms with Crippen LogP contribution in [0.4, 0.5) is 0 Å². The van der Waals surface area contributed by atoms with E-state index in [9.17, 15) is 0 Å². The van der Waals surface area contributed by atoms with Crippen LogP contribution in [-0.4, -0.2) is 6.61 Å². The third-order valence-corrected chi connectivity index (χ3v) is 3.64. The second kappa shape index (κ2) is 5.57. The van der Waals surface area contributed by atoms with Crippen LogP contribution < -0.4 is 10.5 Å². The van der Waals surface area contributed by atoms with E-state index in [4.69, 9.17) is 10.5 Å². The lowest BCUT2D eigenvalue weighted by atomic mass is 9.77. The zero-order chi connectivity index (χ0) is 13.0. The number of rotatable bonds is 4. The Morgan fingerprint density at radius 1 is 1.33 bits per heavy atom. The third kappa shape index (κ3) is 3.14. The van der Waals surface area contributed by atoms with Crippen molar-refractivity contribution in [1.82, 2.24) is 0 Å². The van der Waals surface area contributed by atoms with Gasteiger partial charge in [0.2, 0.25) is 0 Å². The highest BCUT2D eigenvalue weighted by molar-refractivity contribution is 5.33. The molecule has 0 radical (unpaired) electrons. The molecule has 1 aliphatic carbocycles. The molecule has 0 unspecified atom stereocenters. The summed E-state index contributed by atoms with van der Waals surface area (Å²) in [5, 5.41) is 0. The Labute approximate surface area is 110 Å². The number of benzene rings is 1. The van der Waals surface area contributed by atoms with E-state index in [-0.39, 0.29) is 5.54 Å². The predicted molar refractivity (Wildman–Crippen MR) is 75.7 cm³/mol. The summed E-state index contributed by atoms with van der Waals surface area (Å²) in [6, 6.07) is 8.23. The van der Waals surface area contributed by atoms with Gasteiger partial charge in [0.15, 0.2) is 0 Å². The summed E-state index contributed by atoms with van der Waals surface area (Å²) in [4.78, 5) is 0. The van der Waals surface area contributed by atoms with Crippen molar-refractivity contribution >= 4 is 0 Å². The van der Waals surface area contributed by atoms with Crippen LogP contribution in [0.1, 0.15) is 44.6 Å². The zero-order valence-electron chi connectivity index (χ0n) is 11.2. The first kappa shape index (κ1) is 13.2. The fourth-order valence-electron chi connectivity index (χ4n) is 2.57. The van der Waals surface area contributed by atoms with Crippen LogP contribution in [0.3, 0.4) is 0 Å². The fourth-order valence-corrected chi connectivity index (χ4v) is 2.57. The molecule has 0 bridgehead atoms. The lowest BCUT2D eigenvalue weighted by molar-refractivity contribution is 0.299. The second-order valence-corrected chi connectivity index (χ2v) is 5.49. The summed E-state index contributed by atoms with van der Waals surface area (Å²) in [7, 11) is 0. The van der Waals surface area contributed by atoms with Gasteiger partial charge in [0.05, 0.1) is 0 Å². The molecule has 1 saturated carbocycles. The van der Waals surface area contributed by atoms with Crippen LogP contribution in [0.15, 0.2) is 36.4 Å². The van der Waals surface area contributed by atoms with Crippen LogP contribution in [-0.2, 0) is 5.54 Å². The third-order valence-electron chi connectivity index (χ3n) is 3.64. The molecule has 1 fully saturated rings. The minimum absolute atomic E-state index is 0.152. The van der Waals surface area contributed by atoms with Gasteiger partial charge < -0.3 is 10.5 Å². The summed E-state index contributed by atoms with van der Waals surface area (Å²) >= 11 is 0. The van der Waals surface area contributed by atoms with Crippen molar-refractivity contribution < 1.29 is 4.74 Å². The summed E-state index contributed by atoms with van der Waals surface area (Å²) < 4.78 is 5.69. The molecule has 0 saturated heterocycles. The molecule has 0 atom stereocenters. The molecule has 2 N–H and O–H groups in total. The largest absolute Gasteiger partial charge is 0.489 e. The Balaban J connectivity index is 2.13. The molecule has 2 rings (SSSR count). The quantitative estimate of drug-likeness (QED) is 0.820. The molecule has 0 spiro atoms. The van der Waals surface area contributed by atoms with Crippen molar-refractivity contribution in [3.63, 3.8) is 0 Å². The second-order valence-electron chi connectivity index (χ2n) is 5.49. The summed E-state index contributed by atoms with van der Waals surface area (Å²) in [6.45, 7) is 6.38. The van der Waals surface area contributed by atoms with Gasteiger partial charge in [-0.1, -0.05) is 38.0 Å². The maximum atomic E-state index is 6.53. The molecule has 18 heavy (non-hydrogen) atoms. The maximum absolute atomic E-state index is 6.53. The number of hydrogen-bond donors (Lipinski definition) is 1. The van der Waals surface area contributed by atoms with Crippen LogP contribution in [0.5, 0.6) is 5.75 Å². The Hall–Kier alpha value is -1.28. The molecule has 0 heterocycles. The Bertz CT molecular complexity index is 419. The molecule has 1 aromatic rings. The first-order chi connectivity index (χ1) is 8.60. The van der Waals surface area contributed by atoms with Crippen molar-refractivity contribution in [1.29, 1.82) is 0 Å². The van der Waals surface area contributed by atoms with Crippen molar-refractivity contribution in [2.75, 3.05) is 6.61 Å². The van der Waals surface area contributed by atoms with E-state index in [0.717, 1.165) is 24.2 Å². The monoisotopic (exact) mass is 245 g/mol. The molecule has 2 nitrogen and oxygen atoms in total. The first-order valence-corrected chi connectivity index (χ1v) is 6.77. The van der Waals surface area contributed by atoms with E-state index in [1.54, 1.807) is 0 Å². The average Bonchev–Trinajstić information content (AvgIpc) is 2.38. The molecule has 0 aromatic heterocycles. The smallest absolute Gasteiger partial charge is 0.120 e. The van der Waals surface area contributed by atoms with Crippen molar-refractivity contribution in [2.45, 2.75) is 44.6 Å². The maximum Gasteiger partial charge on any atom is 0.120 e. The van der Waals surface area contributed by atoms with Gasteiger partial charge in [0.1, 0.15) is 12.4 Å². The Kier molecular flexibility index (Phi) is 4.07. The molecule has 0 amide bonds. The van der Waals surface area contributed by atoms with Gasteiger partial charge >= 0.3 is 0 Å². The minimum atomic E-state index is -0.152. The first-order valence-electron chi connectivity index (χ1n) is 6.77. The zero-order valence-corrected chi connectivity index (χ0v) is 11.2. The number of ether oxygens (including phenoxy) is 1. The van der Waals surface area contributed by atoms with E-state index < -0.39 is 0 Å². The van der Waals surface area contributed by atoms with Gasteiger partial charge in [-0.15, -0.1) is 0 Å². The van der Waals surface area contributed by atoms with Crippen LogP contribution in [0.2, 0.25) is 0 Å². The van der Waals surface area contributed by atoms with E-state index in [1.807, 2.05) is 19.1 Å². The predicted octanol–water partition coefficient (Wildman–Crippen LogP) is 3.76. The van der Waals surface area contributed by atoms with Crippen molar-refractivity contribution in [3.05, 3.63) is 42.0 Å². The van der Waals surface area contributed by atoms with E-state index >= 15 is 0 Å². The van der Waals surface area contributed by atoms with Crippen molar-refractivity contribution in [3.8, 4) is 5.75 Å². The molecular weight excluding hydrogens is 222 g/mol. The molecule has 98 valence electrons. The molecular formula is C16H23NO. The highest BCUT2D eigenvalue weighted by atomic mass is 16.5. The normalized spacial score (nSPS) is 18.3. The molecule has 1 aromatic carbocycles. The van der Waals surface area contributed by atoms with Crippen molar-refractivity contribution in [2.24, 2.45) is 5.73 Å². The molecule has 1 aliphatic rings. The Morgan fingerprint density at radius 3 is 2.72 bits per heavy atom. The van der Waals surface area contributed by atoms with Gasteiger partial charge in [-0.3, -0.25) is 0 Å². The highest BCUT2D eigenvalue weighted by Crippen LogP contribution is 2.35. The summed E-state index contributed by atoms with van der Waals surface area (Å²) in [5.74, 6) is 0.894. The van der Waals surface area contributed by atoms with Crippen LogP contribution in [0, 0.1) is 0 Å². The minimum Gasteiger partial charge on any atom is -0.489 e. The number of hydrogen-bond acceptors (Lipinski definition) is 2. The molecule has 2 heteroatoms. The summed E-state index contributed by atoms with van der Waals surface area (Å²) in [6.07, 6.45) is 5.93. The van der Waals surface area contributed by atoms with E-state index in [0.29, 0.717) is 6.61 Å². The Morgan fingerprint density at radius 2 is 2.06 bits per heavy atom. The SMILES string of the molecule is C=C(C)COc1cccc(C2(N)CCCCC2)c1. The average molecular weight is 245 g/mol. The summed E-state index contributed by atoms with van der Waals surface area (Å²) in [5.41, 5.74) is 8.62. The van der Waals surface area contributed by atoms with Gasteiger partial charge in [-0.25, -0.2) is 0 Å². The van der Waals surface area contributed by atoms with Gasteiger partial charge in [0, 0.05) is 5.54 Å². The van der Waals surface area contributed by atoms with Crippen LogP contribution in [0.25, 0.3) is 0 Å². The van der Waals surface area contributed by atoms with E-state index in [2.05, 4.69) is 18.7 Å². The number of nitrogens with two attached hydrogens (primary N) is 1.